The zero-order valence-electron chi connectivity index (χ0n) is 12.4. The summed E-state index contributed by atoms with van der Waals surface area (Å²) in [5.41, 5.74) is 1.57. The van der Waals surface area contributed by atoms with E-state index in [0.29, 0.717) is 33.4 Å². The molecule has 24 heavy (non-hydrogen) atoms. The van der Waals surface area contributed by atoms with E-state index in [1.54, 1.807) is 42.5 Å². The van der Waals surface area contributed by atoms with Crippen molar-refractivity contribution in [3.05, 3.63) is 80.1 Å². The Bertz CT molecular complexity index is 1060. The maximum absolute atomic E-state index is 12.6. The van der Waals surface area contributed by atoms with E-state index in [-0.39, 0.29) is 17.8 Å². The number of carbonyl (C=O) groups excluding carboxylic acids is 1. The molecule has 1 aliphatic rings. The first-order chi connectivity index (χ1) is 11.6. The highest BCUT2D eigenvalue weighted by atomic mass is 79.9. The molecule has 0 spiro atoms. The summed E-state index contributed by atoms with van der Waals surface area (Å²) in [7, 11) is 0. The third-order valence-corrected chi connectivity index (χ3v) is 4.39. The van der Waals surface area contributed by atoms with Crippen LogP contribution in [0.4, 0.5) is 0 Å². The first-order valence-electron chi connectivity index (χ1n) is 7.31. The zero-order chi connectivity index (χ0) is 16.7. The van der Waals surface area contributed by atoms with Crippen LogP contribution in [-0.2, 0) is 0 Å². The summed E-state index contributed by atoms with van der Waals surface area (Å²) in [5.74, 6) is 0.430. The summed E-state index contributed by atoms with van der Waals surface area (Å²) in [6.07, 6.45) is 2.92. The fraction of sp³-hybridized carbons (Fsp3) is 0.0526. The van der Waals surface area contributed by atoms with E-state index in [2.05, 4.69) is 15.9 Å². The molecule has 0 aliphatic carbocycles. The van der Waals surface area contributed by atoms with E-state index >= 15 is 0 Å². The van der Waals surface area contributed by atoms with Gasteiger partial charge in [0.1, 0.15) is 24.2 Å². The van der Waals surface area contributed by atoms with Crippen LogP contribution in [0.5, 0.6) is 5.75 Å². The minimum absolute atomic E-state index is 0.131. The molecule has 0 N–H and O–H groups in total. The van der Waals surface area contributed by atoms with E-state index in [0.717, 1.165) is 4.47 Å². The summed E-state index contributed by atoms with van der Waals surface area (Å²) in [6.45, 7) is 0.131. The molecule has 1 aromatic heterocycles. The van der Waals surface area contributed by atoms with Gasteiger partial charge in [0.05, 0.1) is 16.5 Å². The number of Topliss-reactive ketones (excluding diaryl/α,β-unsaturated/α-hetero) is 1. The summed E-state index contributed by atoms with van der Waals surface area (Å²) in [4.78, 5) is 25.2. The Hall–Kier alpha value is -2.66. The van der Waals surface area contributed by atoms with Gasteiger partial charge in [-0.15, -0.1) is 0 Å². The van der Waals surface area contributed by atoms with Crippen LogP contribution in [0.3, 0.4) is 0 Å². The molecule has 0 unspecified atom stereocenters. The van der Waals surface area contributed by atoms with Gasteiger partial charge in [0.2, 0.25) is 0 Å². The number of ether oxygens (including phenoxy) is 1. The molecule has 0 amide bonds. The average molecular weight is 383 g/mol. The van der Waals surface area contributed by atoms with Gasteiger partial charge in [-0.05, 0) is 36.4 Å². The highest BCUT2D eigenvalue weighted by Gasteiger charge is 2.23. The summed E-state index contributed by atoms with van der Waals surface area (Å²) < 4.78 is 11.9. The van der Waals surface area contributed by atoms with Gasteiger partial charge in [-0.1, -0.05) is 28.1 Å². The van der Waals surface area contributed by atoms with E-state index in [1.807, 2.05) is 6.07 Å². The number of carbonyl (C=O) groups is 1. The quantitative estimate of drug-likeness (QED) is 0.591. The van der Waals surface area contributed by atoms with E-state index in [9.17, 15) is 9.59 Å². The van der Waals surface area contributed by atoms with Crippen molar-refractivity contribution in [2.75, 3.05) is 6.61 Å². The van der Waals surface area contributed by atoms with Crippen LogP contribution in [0.15, 0.2) is 68.0 Å². The lowest BCUT2D eigenvalue weighted by Gasteiger charge is -2.18. The second-order valence-electron chi connectivity index (χ2n) is 5.44. The molecule has 0 saturated heterocycles. The minimum Gasteiger partial charge on any atom is -0.488 e. The number of benzene rings is 2. The highest BCUT2D eigenvalue weighted by Crippen LogP contribution is 2.27. The molecular formula is C19H11BrO4. The smallest absolute Gasteiger partial charge is 0.199 e. The predicted octanol–water partition coefficient (Wildman–Crippen LogP) is 4.21. The van der Waals surface area contributed by atoms with Gasteiger partial charge < -0.3 is 9.15 Å². The lowest BCUT2D eigenvalue weighted by molar-refractivity contribution is 0.100. The Labute approximate surface area is 145 Å². The first kappa shape index (κ1) is 14.9. The Balaban J connectivity index is 1.82. The van der Waals surface area contributed by atoms with E-state index in [1.165, 1.54) is 6.26 Å². The molecule has 5 heteroatoms. The normalized spacial score (nSPS) is 15.4. The number of ketones is 1. The van der Waals surface area contributed by atoms with Gasteiger partial charge >= 0.3 is 0 Å². The Morgan fingerprint density at radius 1 is 1.08 bits per heavy atom. The molecule has 0 atom stereocenters. The van der Waals surface area contributed by atoms with Crippen molar-refractivity contribution in [1.29, 1.82) is 0 Å². The van der Waals surface area contributed by atoms with Gasteiger partial charge in [-0.2, -0.15) is 0 Å². The van der Waals surface area contributed by atoms with Crippen LogP contribution < -0.4 is 10.2 Å². The third-order valence-electron chi connectivity index (χ3n) is 3.90. The third kappa shape index (κ3) is 2.47. The maximum atomic E-state index is 12.6. The van der Waals surface area contributed by atoms with Crippen LogP contribution in [0.1, 0.15) is 15.9 Å². The first-order valence-corrected chi connectivity index (χ1v) is 8.11. The van der Waals surface area contributed by atoms with Crippen molar-refractivity contribution in [2.24, 2.45) is 0 Å². The molecular weight excluding hydrogens is 372 g/mol. The van der Waals surface area contributed by atoms with Gasteiger partial charge in [-0.3, -0.25) is 9.59 Å². The number of fused-ring (bicyclic) bond motifs is 2. The summed E-state index contributed by atoms with van der Waals surface area (Å²) >= 11 is 3.35. The Morgan fingerprint density at radius 3 is 2.79 bits per heavy atom. The van der Waals surface area contributed by atoms with Crippen LogP contribution in [0, 0.1) is 0 Å². The van der Waals surface area contributed by atoms with Crippen LogP contribution in [0.25, 0.3) is 17.0 Å². The molecule has 2 aromatic carbocycles. The molecule has 2 heterocycles. The molecule has 0 saturated carbocycles. The fourth-order valence-corrected chi connectivity index (χ4v) is 3.05. The van der Waals surface area contributed by atoms with E-state index < -0.39 is 0 Å². The van der Waals surface area contributed by atoms with E-state index in [4.69, 9.17) is 9.15 Å². The second kappa shape index (κ2) is 5.76. The number of rotatable bonds is 1. The number of hydrogen-bond donors (Lipinski definition) is 0. The van der Waals surface area contributed by atoms with Gasteiger partial charge in [0, 0.05) is 10.0 Å². The summed E-state index contributed by atoms with van der Waals surface area (Å²) in [5, 5.41) is 0.461. The topological polar surface area (TPSA) is 56.5 Å². The molecule has 4 nitrogen and oxygen atoms in total. The van der Waals surface area contributed by atoms with Crippen LogP contribution in [0.2, 0.25) is 0 Å². The van der Waals surface area contributed by atoms with Crippen molar-refractivity contribution in [3.8, 4) is 5.75 Å². The fourth-order valence-electron chi connectivity index (χ4n) is 2.69. The summed E-state index contributed by atoms with van der Waals surface area (Å²) in [6, 6.07) is 12.3. The lowest BCUT2D eigenvalue weighted by Crippen LogP contribution is -2.19. The van der Waals surface area contributed by atoms with Crippen molar-refractivity contribution < 1.29 is 13.9 Å². The number of para-hydroxylation sites is 1. The Morgan fingerprint density at radius 2 is 1.92 bits per heavy atom. The molecule has 0 fully saturated rings. The molecule has 1 aliphatic heterocycles. The number of halogens is 1. The largest absolute Gasteiger partial charge is 0.488 e. The number of hydrogen-bond acceptors (Lipinski definition) is 4. The van der Waals surface area contributed by atoms with Crippen LogP contribution in [-0.4, -0.2) is 12.4 Å². The SMILES string of the molecule is O=C1C(=Cc2coc3ccc(Br)cc3c2=O)COc2ccccc21. The lowest BCUT2D eigenvalue weighted by atomic mass is 9.98. The highest BCUT2D eigenvalue weighted by molar-refractivity contribution is 9.10. The standard InChI is InChI=1S/C19H11BrO4/c20-13-5-6-17-15(8-13)19(22)12(10-24-17)7-11-9-23-16-4-2-1-3-14(16)18(11)21/h1-8,10H,9H2. The molecule has 3 aromatic rings. The van der Waals surface area contributed by atoms with Gasteiger partial charge in [-0.25, -0.2) is 0 Å². The zero-order valence-corrected chi connectivity index (χ0v) is 14.0. The monoisotopic (exact) mass is 382 g/mol. The van der Waals surface area contributed by atoms with Crippen LogP contribution >= 0.6 is 15.9 Å². The molecule has 4 rings (SSSR count). The van der Waals surface area contributed by atoms with Crippen molar-refractivity contribution in [3.63, 3.8) is 0 Å². The van der Waals surface area contributed by atoms with Gasteiger partial charge in [0.15, 0.2) is 11.2 Å². The maximum Gasteiger partial charge on any atom is 0.199 e. The second-order valence-corrected chi connectivity index (χ2v) is 6.36. The predicted molar refractivity (Wildman–Crippen MR) is 94.4 cm³/mol. The molecule has 0 radical (unpaired) electrons. The minimum atomic E-state index is -0.184. The molecule has 0 bridgehead atoms. The van der Waals surface area contributed by atoms with Crippen molar-refractivity contribution in [2.45, 2.75) is 0 Å². The molecule has 118 valence electrons. The van der Waals surface area contributed by atoms with Crippen molar-refractivity contribution >= 4 is 38.8 Å². The van der Waals surface area contributed by atoms with Crippen molar-refractivity contribution in [1.82, 2.24) is 0 Å². The Kier molecular flexibility index (Phi) is 3.58. The average Bonchev–Trinajstić information content (AvgIpc) is 2.60. The van der Waals surface area contributed by atoms with Gasteiger partial charge in [0.25, 0.3) is 0 Å².